The van der Waals surface area contributed by atoms with E-state index in [0.29, 0.717) is 22.9 Å². The first-order chi connectivity index (χ1) is 12.2. The zero-order valence-electron chi connectivity index (χ0n) is 13.3. The summed E-state index contributed by atoms with van der Waals surface area (Å²) in [5.74, 6) is 0.840. The van der Waals surface area contributed by atoms with E-state index in [-0.39, 0.29) is 12.1 Å². The Kier molecular flexibility index (Phi) is 4.10. The van der Waals surface area contributed by atoms with Crippen LogP contribution in [0.3, 0.4) is 0 Å². The number of anilines is 2. The third kappa shape index (κ3) is 3.48. The zero-order chi connectivity index (χ0) is 17.2. The highest BCUT2D eigenvalue weighted by Crippen LogP contribution is 2.19. The maximum Gasteiger partial charge on any atom is 0.319 e. The molecule has 9 heteroatoms. The van der Waals surface area contributed by atoms with Crippen molar-refractivity contribution < 1.29 is 4.79 Å². The molecule has 0 radical (unpaired) electrons. The number of carbonyl (C=O) groups is 1. The van der Waals surface area contributed by atoms with Gasteiger partial charge in [-0.15, -0.1) is 15.3 Å². The number of halogens is 1. The minimum atomic E-state index is -0.240. The lowest BCUT2D eigenvalue weighted by molar-refractivity contribution is 0.249. The highest BCUT2D eigenvalue weighted by molar-refractivity contribution is 6.30. The molecule has 8 nitrogen and oxygen atoms in total. The summed E-state index contributed by atoms with van der Waals surface area (Å²) in [5.41, 5.74) is 1.37. The summed E-state index contributed by atoms with van der Waals surface area (Å²) >= 11 is 5.92. The number of rotatable bonds is 3. The normalized spacial score (nSPS) is 17.0. The van der Waals surface area contributed by atoms with Gasteiger partial charge in [-0.3, -0.25) is 0 Å². The van der Waals surface area contributed by atoms with Crippen molar-refractivity contribution in [3.63, 3.8) is 0 Å². The van der Waals surface area contributed by atoms with Crippen LogP contribution in [0, 0.1) is 0 Å². The third-order valence-corrected chi connectivity index (χ3v) is 4.31. The Hall–Kier alpha value is -2.87. The van der Waals surface area contributed by atoms with Crippen molar-refractivity contribution in [3.8, 4) is 0 Å². The molecule has 3 heterocycles. The summed E-state index contributed by atoms with van der Waals surface area (Å²) in [5, 5.41) is 18.6. The van der Waals surface area contributed by atoms with E-state index < -0.39 is 0 Å². The molecule has 1 aliphatic rings. The minimum Gasteiger partial charge on any atom is -0.353 e. The number of urea groups is 1. The average Bonchev–Trinajstić information content (AvgIpc) is 3.23. The van der Waals surface area contributed by atoms with E-state index in [1.807, 2.05) is 12.1 Å². The van der Waals surface area contributed by atoms with Crippen molar-refractivity contribution in [1.29, 1.82) is 0 Å². The Morgan fingerprint density at radius 3 is 3.08 bits per heavy atom. The van der Waals surface area contributed by atoms with Crippen LogP contribution in [0.25, 0.3) is 5.65 Å². The number of amides is 2. The predicted octanol–water partition coefficient (Wildman–Crippen LogP) is 2.18. The molecule has 1 atom stereocenters. The van der Waals surface area contributed by atoms with Gasteiger partial charge in [-0.2, -0.15) is 4.52 Å². The van der Waals surface area contributed by atoms with Gasteiger partial charge in [0.1, 0.15) is 12.1 Å². The van der Waals surface area contributed by atoms with Crippen molar-refractivity contribution >= 4 is 34.8 Å². The van der Waals surface area contributed by atoms with Gasteiger partial charge in [0.25, 0.3) is 0 Å². The fourth-order valence-electron chi connectivity index (χ4n) is 2.89. The largest absolute Gasteiger partial charge is 0.353 e. The number of hydrogen-bond acceptors (Lipinski definition) is 5. The number of carbonyl (C=O) groups excluding carboxylic acids is 1. The fraction of sp³-hybridized carbons (Fsp3) is 0.250. The molecule has 0 spiro atoms. The highest BCUT2D eigenvalue weighted by atomic mass is 35.5. The molecule has 4 rings (SSSR count). The second kappa shape index (κ2) is 6.56. The monoisotopic (exact) mass is 357 g/mol. The maximum absolute atomic E-state index is 12.1. The van der Waals surface area contributed by atoms with Crippen LogP contribution in [0.4, 0.5) is 16.3 Å². The Morgan fingerprint density at radius 1 is 1.28 bits per heavy atom. The molecule has 2 N–H and O–H groups in total. The van der Waals surface area contributed by atoms with Gasteiger partial charge in [0.05, 0.1) is 0 Å². The molecular weight excluding hydrogens is 342 g/mol. The number of fused-ring (bicyclic) bond motifs is 1. The molecular formula is C16H16ClN7O. The van der Waals surface area contributed by atoms with Gasteiger partial charge in [-0.1, -0.05) is 17.7 Å². The molecule has 2 amide bonds. The number of aromatic nitrogens is 4. The molecule has 1 aliphatic heterocycles. The van der Waals surface area contributed by atoms with Crippen LogP contribution in [-0.2, 0) is 0 Å². The second-order valence-corrected chi connectivity index (χ2v) is 6.30. The number of hydrogen-bond donors (Lipinski definition) is 2. The quantitative estimate of drug-likeness (QED) is 0.750. The maximum atomic E-state index is 12.1. The van der Waals surface area contributed by atoms with Crippen LogP contribution in [0.2, 0.25) is 5.02 Å². The zero-order valence-corrected chi connectivity index (χ0v) is 14.0. The summed E-state index contributed by atoms with van der Waals surface area (Å²) < 4.78 is 1.64. The standard InChI is InChI=1S/C16H16ClN7O/c17-11-2-1-3-12(8-11)19-16(25)20-13-6-7-23(9-13)15-5-4-14-21-18-10-24(14)22-15/h1-5,8,10,13H,6-7,9H2,(H2,19,20,25)/t13-/m0/s1. The molecule has 2 aromatic heterocycles. The van der Waals surface area contributed by atoms with Gasteiger partial charge < -0.3 is 15.5 Å². The van der Waals surface area contributed by atoms with Crippen LogP contribution in [0.1, 0.15) is 6.42 Å². The lowest BCUT2D eigenvalue weighted by Gasteiger charge is -2.18. The Morgan fingerprint density at radius 2 is 2.20 bits per heavy atom. The van der Waals surface area contributed by atoms with Crippen LogP contribution in [-0.4, -0.2) is 45.0 Å². The van der Waals surface area contributed by atoms with Gasteiger partial charge in [0.15, 0.2) is 5.65 Å². The van der Waals surface area contributed by atoms with Gasteiger partial charge >= 0.3 is 6.03 Å². The molecule has 0 aliphatic carbocycles. The molecule has 128 valence electrons. The Balaban J connectivity index is 1.36. The van der Waals surface area contributed by atoms with Gasteiger partial charge in [0, 0.05) is 29.8 Å². The van der Waals surface area contributed by atoms with Crippen LogP contribution in [0.5, 0.6) is 0 Å². The van der Waals surface area contributed by atoms with Crippen molar-refractivity contribution in [2.75, 3.05) is 23.3 Å². The van der Waals surface area contributed by atoms with E-state index in [9.17, 15) is 4.79 Å². The molecule has 0 saturated carbocycles. The van der Waals surface area contributed by atoms with Crippen molar-refractivity contribution in [2.24, 2.45) is 0 Å². The van der Waals surface area contributed by atoms with Gasteiger partial charge in [0.2, 0.25) is 0 Å². The molecule has 1 saturated heterocycles. The van der Waals surface area contributed by atoms with E-state index in [4.69, 9.17) is 11.6 Å². The SMILES string of the molecule is O=C(Nc1cccc(Cl)c1)N[C@H]1CCN(c2ccc3nncn3n2)C1. The van der Waals surface area contributed by atoms with E-state index in [1.54, 1.807) is 35.1 Å². The minimum absolute atomic E-state index is 0.0533. The Bertz CT molecular complexity index is 912. The summed E-state index contributed by atoms with van der Waals surface area (Å²) in [6.45, 7) is 1.52. The lowest BCUT2D eigenvalue weighted by Crippen LogP contribution is -2.39. The van der Waals surface area contributed by atoms with Crippen molar-refractivity contribution in [3.05, 3.63) is 47.7 Å². The smallest absolute Gasteiger partial charge is 0.319 e. The molecule has 0 unspecified atom stereocenters. The number of nitrogens with zero attached hydrogens (tertiary/aromatic N) is 5. The van der Waals surface area contributed by atoms with Gasteiger partial charge in [-0.05, 0) is 36.8 Å². The summed E-state index contributed by atoms with van der Waals surface area (Å²) in [6, 6.07) is 10.7. The molecule has 1 fully saturated rings. The molecule has 0 bridgehead atoms. The topological polar surface area (TPSA) is 87.5 Å². The van der Waals surface area contributed by atoms with Crippen LogP contribution < -0.4 is 15.5 Å². The summed E-state index contributed by atoms with van der Waals surface area (Å²) in [4.78, 5) is 14.3. The highest BCUT2D eigenvalue weighted by Gasteiger charge is 2.25. The average molecular weight is 358 g/mol. The second-order valence-electron chi connectivity index (χ2n) is 5.87. The summed E-state index contributed by atoms with van der Waals surface area (Å²) in [7, 11) is 0. The summed E-state index contributed by atoms with van der Waals surface area (Å²) in [6.07, 6.45) is 2.42. The van der Waals surface area contributed by atoms with E-state index >= 15 is 0 Å². The van der Waals surface area contributed by atoms with E-state index in [0.717, 1.165) is 18.8 Å². The van der Waals surface area contributed by atoms with Crippen LogP contribution in [0.15, 0.2) is 42.7 Å². The molecule has 1 aromatic carbocycles. The lowest BCUT2D eigenvalue weighted by atomic mass is 10.3. The van der Waals surface area contributed by atoms with Crippen molar-refractivity contribution in [1.82, 2.24) is 25.1 Å². The fourth-order valence-corrected chi connectivity index (χ4v) is 3.08. The first kappa shape index (κ1) is 15.6. The molecule has 3 aromatic rings. The van der Waals surface area contributed by atoms with Gasteiger partial charge in [-0.25, -0.2) is 4.79 Å². The van der Waals surface area contributed by atoms with Crippen LogP contribution >= 0.6 is 11.6 Å². The van der Waals surface area contributed by atoms with E-state index in [1.165, 1.54) is 0 Å². The van der Waals surface area contributed by atoms with E-state index in [2.05, 4.69) is 30.8 Å². The predicted molar refractivity (Wildman–Crippen MR) is 95.0 cm³/mol. The first-order valence-electron chi connectivity index (χ1n) is 7.92. The third-order valence-electron chi connectivity index (χ3n) is 4.08. The van der Waals surface area contributed by atoms with Crippen molar-refractivity contribution in [2.45, 2.75) is 12.5 Å². The number of benzene rings is 1. The first-order valence-corrected chi connectivity index (χ1v) is 8.30. The Labute approximate surface area is 148 Å². The number of nitrogens with one attached hydrogen (secondary N) is 2. The molecule has 25 heavy (non-hydrogen) atoms.